The number of methoxy groups -OCH3 is 1. The molecule has 2 N–H and O–H groups in total. The van der Waals surface area contributed by atoms with E-state index in [1.165, 1.54) is 19.2 Å². The Morgan fingerprint density at radius 1 is 1.04 bits per heavy atom. The number of carbonyl (C=O) groups excluding carboxylic acids is 2. The van der Waals surface area contributed by atoms with Crippen molar-refractivity contribution < 1.29 is 22.7 Å². The standard InChI is InChI=1S/C20H24N2O5S/c1-3-4-13-21-19(23)17-7-5-6-8-18(17)22-28(25,26)14-15-9-11-16(12-10-15)20(24)27-2/h5-12,22H,3-4,13-14H2,1-2H3,(H,21,23). The van der Waals surface area contributed by atoms with Gasteiger partial charge in [-0.25, -0.2) is 13.2 Å². The first-order valence-corrected chi connectivity index (χ1v) is 10.6. The number of hydrogen-bond donors (Lipinski definition) is 2. The number of para-hydroxylation sites is 1. The number of benzene rings is 2. The summed E-state index contributed by atoms with van der Waals surface area (Å²) < 4.78 is 32.2. The summed E-state index contributed by atoms with van der Waals surface area (Å²) in [6.45, 7) is 2.55. The number of hydrogen-bond acceptors (Lipinski definition) is 5. The molecule has 0 heterocycles. The molecule has 0 atom stereocenters. The minimum atomic E-state index is -3.75. The van der Waals surface area contributed by atoms with Crippen molar-refractivity contribution in [1.29, 1.82) is 0 Å². The van der Waals surface area contributed by atoms with E-state index >= 15 is 0 Å². The van der Waals surface area contributed by atoms with Gasteiger partial charge in [0.25, 0.3) is 5.91 Å². The molecule has 0 bridgehead atoms. The molecule has 0 saturated carbocycles. The summed E-state index contributed by atoms with van der Waals surface area (Å²) in [6, 6.07) is 12.6. The van der Waals surface area contributed by atoms with Crippen LogP contribution in [0.15, 0.2) is 48.5 Å². The van der Waals surface area contributed by atoms with Gasteiger partial charge in [0.15, 0.2) is 0 Å². The number of carbonyl (C=O) groups is 2. The first-order chi connectivity index (χ1) is 13.4. The van der Waals surface area contributed by atoms with Crippen LogP contribution in [0.5, 0.6) is 0 Å². The molecule has 0 fully saturated rings. The molecular weight excluding hydrogens is 380 g/mol. The fraction of sp³-hybridized carbons (Fsp3) is 0.300. The zero-order valence-electron chi connectivity index (χ0n) is 15.9. The number of sulfonamides is 1. The maximum Gasteiger partial charge on any atom is 0.337 e. The van der Waals surface area contributed by atoms with Crippen LogP contribution in [0.4, 0.5) is 5.69 Å². The summed E-state index contributed by atoms with van der Waals surface area (Å²) in [6.07, 6.45) is 1.80. The van der Waals surface area contributed by atoms with E-state index in [9.17, 15) is 18.0 Å². The van der Waals surface area contributed by atoms with Gasteiger partial charge < -0.3 is 10.1 Å². The Balaban J connectivity index is 2.12. The third-order valence-corrected chi connectivity index (χ3v) is 5.23. The summed E-state index contributed by atoms with van der Waals surface area (Å²) in [7, 11) is -2.48. The van der Waals surface area contributed by atoms with E-state index in [0.29, 0.717) is 17.7 Å². The summed E-state index contributed by atoms with van der Waals surface area (Å²) in [5.41, 5.74) is 1.33. The fourth-order valence-corrected chi connectivity index (χ4v) is 3.74. The van der Waals surface area contributed by atoms with Crippen molar-refractivity contribution in [1.82, 2.24) is 5.32 Å². The van der Waals surface area contributed by atoms with E-state index in [-0.39, 0.29) is 22.9 Å². The summed E-state index contributed by atoms with van der Waals surface area (Å²) in [5, 5.41) is 2.78. The number of esters is 1. The van der Waals surface area contributed by atoms with Gasteiger partial charge >= 0.3 is 5.97 Å². The molecule has 8 heteroatoms. The van der Waals surface area contributed by atoms with Crippen LogP contribution in [0.3, 0.4) is 0 Å². The van der Waals surface area contributed by atoms with E-state index in [4.69, 9.17) is 0 Å². The SMILES string of the molecule is CCCCNC(=O)c1ccccc1NS(=O)(=O)Cc1ccc(C(=O)OC)cc1. The molecule has 0 aliphatic heterocycles. The second-order valence-electron chi connectivity index (χ2n) is 6.20. The maximum absolute atomic E-state index is 12.5. The van der Waals surface area contributed by atoms with Crippen molar-refractivity contribution in [3.8, 4) is 0 Å². The number of amides is 1. The number of ether oxygens (including phenoxy) is 1. The Bertz CT molecular complexity index is 924. The van der Waals surface area contributed by atoms with E-state index in [1.54, 1.807) is 36.4 Å². The smallest absolute Gasteiger partial charge is 0.337 e. The number of nitrogens with one attached hydrogen (secondary N) is 2. The van der Waals surface area contributed by atoms with Crippen molar-refractivity contribution in [2.75, 3.05) is 18.4 Å². The van der Waals surface area contributed by atoms with Crippen molar-refractivity contribution in [2.24, 2.45) is 0 Å². The van der Waals surface area contributed by atoms with Gasteiger partial charge in [0.05, 0.1) is 29.7 Å². The van der Waals surface area contributed by atoms with Crippen LogP contribution in [-0.4, -0.2) is 33.9 Å². The van der Waals surface area contributed by atoms with Crippen LogP contribution in [0.1, 0.15) is 46.0 Å². The van der Waals surface area contributed by atoms with Crippen molar-refractivity contribution in [3.63, 3.8) is 0 Å². The number of rotatable bonds is 9. The Morgan fingerprint density at radius 3 is 2.36 bits per heavy atom. The van der Waals surface area contributed by atoms with E-state index < -0.39 is 16.0 Å². The Labute approximate surface area is 165 Å². The summed E-state index contributed by atoms with van der Waals surface area (Å²) >= 11 is 0. The van der Waals surface area contributed by atoms with Crippen molar-refractivity contribution in [2.45, 2.75) is 25.5 Å². The topological polar surface area (TPSA) is 102 Å². The normalized spacial score (nSPS) is 10.9. The van der Waals surface area contributed by atoms with Gasteiger partial charge in [-0.1, -0.05) is 37.6 Å². The fourth-order valence-electron chi connectivity index (χ4n) is 2.52. The molecule has 0 saturated heterocycles. The predicted octanol–water partition coefficient (Wildman–Crippen LogP) is 2.95. The van der Waals surface area contributed by atoms with Gasteiger partial charge in [-0.3, -0.25) is 9.52 Å². The molecule has 28 heavy (non-hydrogen) atoms. The maximum atomic E-state index is 12.5. The molecule has 7 nitrogen and oxygen atoms in total. The quantitative estimate of drug-likeness (QED) is 0.494. The van der Waals surface area contributed by atoms with Crippen LogP contribution in [0, 0.1) is 0 Å². The van der Waals surface area contributed by atoms with Crippen LogP contribution >= 0.6 is 0 Å². The second kappa shape index (κ2) is 9.89. The van der Waals surface area contributed by atoms with Gasteiger partial charge in [-0.05, 0) is 36.2 Å². The predicted molar refractivity (Wildman–Crippen MR) is 108 cm³/mol. The molecule has 2 rings (SSSR count). The molecule has 2 aromatic carbocycles. The van der Waals surface area contributed by atoms with E-state index in [2.05, 4.69) is 14.8 Å². The minimum absolute atomic E-state index is 0.225. The average Bonchev–Trinajstić information content (AvgIpc) is 2.67. The third kappa shape index (κ3) is 6.09. The highest BCUT2D eigenvalue weighted by Gasteiger charge is 2.17. The van der Waals surface area contributed by atoms with Crippen molar-refractivity contribution >= 4 is 27.6 Å². The molecule has 0 aliphatic carbocycles. The Kier molecular flexibility index (Phi) is 7.57. The summed E-state index contributed by atoms with van der Waals surface area (Å²) in [5.74, 6) is -1.11. The molecule has 2 aromatic rings. The first kappa shape index (κ1) is 21.4. The zero-order chi connectivity index (χ0) is 20.6. The molecule has 0 radical (unpaired) electrons. The monoisotopic (exact) mass is 404 g/mol. The molecule has 0 aromatic heterocycles. The van der Waals surface area contributed by atoms with Crippen molar-refractivity contribution in [3.05, 3.63) is 65.2 Å². The highest BCUT2D eigenvalue weighted by molar-refractivity contribution is 7.91. The van der Waals surface area contributed by atoms with Gasteiger partial charge in [-0.2, -0.15) is 0 Å². The van der Waals surface area contributed by atoms with Gasteiger partial charge in [-0.15, -0.1) is 0 Å². The molecule has 0 unspecified atom stereocenters. The highest BCUT2D eigenvalue weighted by atomic mass is 32.2. The lowest BCUT2D eigenvalue weighted by Gasteiger charge is -2.13. The van der Waals surface area contributed by atoms with Gasteiger partial charge in [0.2, 0.25) is 10.0 Å². The van der Waals surface area contributed by atoms with Crippen LogP contribution in [-0.2, 0) is 20.5 Å². The van der Waals surface area contributed by atoms with Crippen LogP contribution in [0.2, 0.25) is 0 Å². The Hall–Kier alpha value is -2.87. The van der Waals surface area contributed by atoms with Gasteiger partial charge in [0, 0.05) is 6.54 Å². The Morgan fingerprint density at radius 2 is 1.71 bits per heavy atom. The lowest BCUT2D eigenvalue weighted by atomic mass is 10.1. The lowest BCUT2D eigenvalue weighted by Crippen LogP contribution is -2.26. The average molecular weight is 404 g/mol. The molecule has 1 amide bonds. The van der Waals surface area contributed by atoms with E-state index in [0.717, 1.165) is 12.8 Å². The second-order valence-corrected chi connectivity index (χ2v) is 7.93. The molecule has 150 valence electrons. The minimum Gasteiger partial charge on any atom is -0.465 e. The van der Waals surface area contributed by atoms with Gasteiger partial charge in [0.1, 0.15) is 0 Å². The number of unbranched alkanes of at least 4 members (excludes halogenated alkanes) is 1. The molecule has 0 aliphatic rings. The largest absolute Gasteiger partial charge is 0.465 e. The summed E-state index contributed by atoms with van der Waals surface area (Å²) in [4.78, 5) is 23.8. The third-order valence-electron chi connectivity index (χ3n) is 3.98. The highest BCUT2D eigenvalue weighted by Crippen LogP contribution is 2.18. The van der Waals surface area contributed by atoms with Crippen LogP contribution in [0.25, 0.3) is 0 Å². The zero-order valence-corrected chi connectivity index (χ0v) is 16.7. The van der Waals surface area contributed by atoms with E-state index in [1.807, 2.05) is 6.92 Å². The first-order valence-electron chi connectivity index (χ1n) is 8.91. The van der Waals surface area contributed by atoms with Crippen LogP contribution < -0.4 is 10.0 Å². The molecule has 0 spiro atoms. The number of anilines is 1. The lowest BCUT2D eigenvalue weighted by molar-refractivity contribution is 0.0600. The molecular formula is C20H24N2O5S.